The van der Waals surface area contributed by atoms with E-state index in [1.54, 1.807) is 32.4 Å². The van der Waals surface area contributed by atoms with Crippen LogP contribution in [0.1, 0.15) is 23.2 Å². The van der Waals surface area contributed by atoms with Crippen molar-refractivity contribution in [3.05, 3.63) is 60.3 Å². The molecule has 1 aliphatic rings. The minimum atomic E-state index is -0.0163. The van der Waals surface area contributed by atoms with Gasteiger partial charge in [-0.1, -0.05) is 42.1 Å². The number of methoxy groups -OCH3 is 2. The molecule has 0 amide bonds. The van der Waals surface area contributed by atoms with E-state index in [-0.39, 0.29) is 17.6 Å². The lowest BCUT2D eigenvalue weighted by atomic mass is 10.1. The van der Waals surface area contributed by atoms with Gasteiger partial charge in [0.1, 0.15) is 11.5 Å². The molecule has 2 heterocycles. The number of ketones is 1. The predicted molar refractivity (Wildman–Crippen MR) is 121 cm³/mol. The van der Waals surface area contributed by atoms with Crippen LogP contribution in [0.5, 0.6) is 11.5 Å². The summed E-state index contributed by atoms with van der Waals surface area (Å²) in [7, 11) is 3.14. The molecule has 7 heteroatoms. The van der Waals surface area contributed by atoms with Crippen molar-refractivity contribution < 1.29 is 19.0 Å². The van der Waals surface area contributed by atoms with Gasteiger partial charge in [-0.25, -0.2) is 4.98 Å². The molecule has 1 unspecified atom stereocenters. The molecule has 6 nitrogen and oxygen atoms in total. The fourth-order valence-corrected chi connectivity index (χ4v) is 4.59. The van der Waals surface area contributed by atoms with Crippen LogP contribution in [0.25, 0.3) is 11.3 Å². The highest BCUT2D eigenvalue weighted by atomic mass is 32.2. The zero-order chi connectivity index (χ0) is 21.6. The minimum absolute atomic E-state index is 0.0163. The van der Waals surface area contributed by atoms with E-state index in [1.165, 1.54) is 11.8 Å². The smallest absolute Gasteiger partial charge is 0.176 e. The molecule has 4 rings (SSSR count). The summed E-state index contributed by atoms with van der Waals surface area (Å²) in [6.07, 6.45) is 4.18. The third-order valence-corrected chi connectivity index (χ3v) is 6.33. The van der Waals surface area contributed by atoms with Crippen LogP contribution in [0.2, 0.25) is 0 Å². The van der Waals surface area contributed by atoms with Crippen molar-refractivity contribution in [3.63, 3.8) is 0 Å². The van der Waals surface area contributed by atoms with E-state index < -0.39 is 0 Å². The van der Waals surface area contributed by atoms with E-state index in [9.17, 15) is 4.79 Å². The number of imidazole rings is 1. The molecule has 3 aromatic rings. The van der Waals surface area contributed by atoms with Crippen molar-refractivity contribution in [2.24, 2.45) is 0 Å². The van der Waals surface area contributed by atoms with E-state index in [0.29, 0.717) is 17.1 Å². The molecule has 0 aliphatic carbocycles. The van der Waals surface area contributed by atoms with Crippen LogP contribution in [0.3, 0.4) is 0 Å². The van der Waals surface area contributed by atoms with Crippen LogP contribution in [-0.2, 0) is 11.3 Å². The lowest BCUT2D eigenvalue weighted by Gasteiger charge is -2.16. The maximum absolute atomic E-state index is 12.9. The molecule has 2 aromatic carbocycles. The maximum atomic E-state index is 12.9. The summed E-state index contributed by atoms with van der Waals surface area (Å²) in [5.41, 5.74) is 2.67. The lowest BCUT2D eigenvalue weighted by molar-refractivity contribution is 0.0954. The monoisotopic (exact) mass is 438 g/mol. The number of aromatic nitrogens is 2. The number of carbonyl (C=O) groups excluding carboxylic acids is 1. The van der Waals surface area contributed by atoms with E-state index in [4.69, 9.17) is 14.2 Å². The Bertz CT molecular complexity index is 1030. The molecule has 0 bridgehead atoms. The van der Waals surface area contributed by atoms with E-state index >= 15 is 0 Å². The highest BCUT2D eigenvalue weighted by Crippen LogP contribution is 2.30. The number of Topliss-reactive ketones (excluding diaryl/α,β-unsaturated/α-hetero) is 1. The Morgan fingerprint density at radius 2 is 2.03 bits per heavy atom. The first-order valence-electron chi connectivity index (χ1n) is 10.3. The fourth-order valence-electron chi connectivity index (χ4n) is 3.72. The number of ether oxygens (including phenoxy) is 3. The van der Waals surface area contributed by atoms with E-state index in [0.717, 1.165) is 42.4 Å². The van der Waals surface area contributed by atoms with Crippen molar-refractivity contribution in [3.8, 4) is 22.8 Å². The number of carbonyl (C=O) groups is 1. The topological polar surface area (TPSA) is 62.6 Å². The third kappa shape index (κ3) is 4.94. The highest BCUT2D eigenvalue weighted by Gasteiger charge is 2.22. The van der Waals surface area contributed by atoms with E-state index in [2.05, 4.69) is 21.7 Å². The zero-order valence-corrected chi connectivity index (χ0v) is 18.6. The Kier molecular flexibility index (Phi) is 6.94. The third-order valence-electron chi connectivity index (χ3n) is 5.34. The van der Waals surface area contributed by atoms with Gasteiger partial charge >= 0.3 is 0 Å². The van der Waals surface area contributed by atoms with Gasteiger partial charge < -0.3 is 18.8 Å². The van der Waals surface area contributed by atoms with Crippen molar-refractivity contribution in [2.75, 3.05) is 26.6 Å². The molecule has 31 heavy (non-hydrogen) atoms. The highest BCUT2D eigenvalue weighted by molar-refractivity contribution is 7.99. The second-order valence-corrected chi connectivity index (χ2v) is 8.26. The SMILES string of the molecule is COc1ccc(C(=O)CSc2ncc(-c3ccccc3)n2CC2CCCO2)c(OC)c1. The van der Waals surface area contributed by atoms with Gasteiger partial charge in [-0.15, -0.1) is 0 Å². The summed E-state index contributed by atoms with van der Waals surface area (Å²) >= 11 is 1.44. The summed E-state index contributed by atoms with van der Waals surface area (Å²) in [5, 5.41) is 0.815. The summed E-state index contributed by atoms with van der Waals surface area (Å²) in [6.45, 7) is 1.53. The summed E-state index contributed by atoms with van der Waals surface area (Å²) < 4.78 is 18.7. The molecule has 1 aliphatic heterocycles. The number of hydrogen-bond donors (Lipinski definition) is 0. The largest absolute Gasteiger partial charge is 0.497 e. The minimum Gasteiger partial charge on any atom is -0.497 e. The van der Waals surface area contributed by atoms with Crippen LogP contribution >= 0.6 is 11.8 Å². The Labute approximate surface area is 186 Å². The first-order chi connectivity index (χ1) is 15.2. The van der Waals surface area contributed by atoms with Crippen LogP contribution in [0.15, 0.2) is 59.9 Å². The first-order valence-corrected chi connectivity index (χ1v) is 11.3. The Morgan fingerprint density at radius 1 is 1.19 bits per heavy atom. The maximum Gasteiger partial charge on any atom is 0.176 e. The fraction of sp³-hybridized carbons (Fsp3) is 0.333. The van der Waals surface area contributed by atoms with Crippen LogP contribution < -0.4 is 9.47 Å². The van der Waals surface area contributed by atoms with Crippen molar-refractivity contribution in [1.29, 1.82) is 0 Å². The average Bonchev–Trinajstić information content (AvgIpc) is 3.48. The van der Waals surface area contributed by atoms with Crippen LogP contribution in [0.4, 0.5) is 0 Å². The summed E-state index contributed by atoms with van der Waals surface area (Å²) in [5.74, 6) is 1.41. The Balaban J connectivity index is 1.55. The summed E-state index contributed by atoms with van der Waals surface area (Å²) in [4.78, 5) is 17.6. The molecule has 1 atom stereocenters. The molecule has 0 spiro atoms. The van der Waals surface area contributed by atoms with Crippen molar-refractivity contribution in [2.45, 2.75) is 30.6 Å². The van der Waals surface area contributed by atoms with Gasteiger partial charge in [-0.2, -0.15) is 0 Å². The standard InChI is InChI=1S/C24H26N2O4S/c1-28-18-10-11-20(23(13-18)29-2)22(27)16-31-24-25-14-21(17-7-4-3-5-8-17)26(24)15-19-9-6-12-30-19/h3-5,7-8,10-11,13-14,19H,6,9,12,15-16H2,1-2H3. The zero-order valence-electron chi connectivity index (χ0n) is 17.7. The lowest BCUT2D eigenvalue weighted by Crippen LogP contribution is -2.17. The molecule has 1 saturated heterocycles. The molecule has 1 aromatic heterocycles. The van der Waals surface area contributed by atoms with Crippen LogP contribution in [-0.4, -0.2) is 48.0 Å². The molecule has 1 fully saturated rings. The Hall–Kier alpha value is -2.77. The first kappa shape index (κ1) is 21.5. The van der Waals surface area contributed by atoms with Crippen LogP contribution in [0, 0.1) is 0 Å². The number of thioether (sulfide) groups is 1. The van der Waals surface area contributed by atoms with Gasteiger partial charge in [0, 0.05) is 12.7 Å². The van der Waals surface area contributed by atoms with Crippen molar-refractivity contribution in [1.82, 2.24) is 9.55 Å². The van der Waals surface area contributed by atoms with Gasteiger partial charge in [0.25, 0.3) is 0 Å². The van der Waals surface area contributed by atoms with Gasteiger partial charge in [-0.05, 0) is 30.5 Å². The molecule has 0 N–H and O–H groups in total. The normalized spacial score (nSPS) is 15.7. The molecule has 162 valence electrons. The molecule has 0 saturated carbocycles. The quantitative estimate of drug-likeness (QED) is 0.356. The van der Waals surface area contributed by atoms with Gasteiger partial charge in [-0.3, -0.25) is 4.79 Å². The predicted octanol–water partition coefficient (Wildman–Crippen LogP) is 4.72. The second kappa shape index (κ2) is 10.0. The summed E-state index contributed by atoms with van der Waals surface area (Å²) in [6, 6.07) is 15.4. The molecular weight excluding hydrogens is 412 g/mol. The number of hydrogen-bond acceptors (Lipinski definition) is 6. The van der Waals surface area contributed by atoms with E-state index in [1.807, 2.05) is 24.4 Å². The van der Waals surface area contributed by atoms with Gasteiger partial charge in [0.2, 0.25) is 0 Å². The van der Waals surface area contributed by atoms with Gasteiger partial charge in [0.05, 0.1) is 50.1 Å². The number of nitrogens with zero attached hydrogens (tertiary/aromatic N) is 2. The number of benzene rings is 2. The van der Waals surface area contributed by atoms with Crippen molar-refractivity contribution >= 4 is 17.5 Å². The average molecular weight is 439 g/mol. The Morgan fingerprint density at radius 3 is 2.74 bits per heavy atom. The molecule has 0 radical (unpaired) electrons. The molecular formula is C24H26N2O4S. The number of rotatable bonds is 9. The second-order valence-electron chi connectivity index (χ2n) is 7.32. The van der Waals surface area contributed by atoms with Gasteiger partial charge in [0.15, 0.2) is 10.9 Å².